The third kappa shape index (κ3) is 5.66. The van der Waals surface area contributed by atoms with Gasteiger partial charge in [0.15, 0.2) is 0 Å². The Bertz CT molecular complexity index is 1220. The molecule has 3 N–H and O–H groups in total. The van der Waals surface area contributed by atoms with Crippen LogP contribution in [-0.2, 0) is 10.2 Å². The summed E-state index contributed by atoms with van der Waals surface area (Å²) in [5.74, 6) is 0.964. The number of carbonyl (C=O) groups is 1. The van der Waals surface area contributed by atoms with Crippen molar-refractivity contribution in [3.63, 3.8) is 0 Å². The van der Waals surface area contributed by atoms with Crippen LogP contribution in [0.15, 0.2) is 36.4 Å². The summed E-state index contributed by atoms with van der Waals surface area (Å²) in [4.78, 5) is 20.4. The van der Waals surface area contributed by atoms with Crippen LogP contribution in [0.5, 0.6) is 5.75 Å². The van der Waals surface area contributed by atoms with Gasteiger partial charge in [-0.15, -0.1) is 0 Å². The smallest absolute Gasteiger partial charge is 0.304 e. The number of hydrogen-bond acceptors (Lipinski definition) is 7. The number of rotatable bonds is 7. The monoisotopic (exact) mass is 519 g/mol. The molecule has 2 aromatic rings. The Balaban J connectivity index is 0.00000253. The molecule has 4 rings (SSSR count). The Hall–Kier alpha value is -2.69. The summed E-state index contributed by atoms with van der Waals surface area (Å²) in [5.41, 5.74) is 7.44. The minimum absolute atomic E-state index is 0. The Kier molecular flexibility index (Phi) is 7.32. The van der Waals surface area contributed by atoms with Crippen molar-refractivity contribution >= 4 is 21.9 Å². The summed E-state index contributed by atoms with van der Waals surface area (Å²) < 4.78 is 34.9. The molecule has 1 amide bonds. The minimum Gasteiger partial charge on any atom is -0.491 e. The number of amides is 1. The fourth-order valence-electron chi connectivity index (χ4n) is 5.14. The quantitative estimate of drug-likeness (QED) is 0.573. The van der Waals surface area contributed by atoms with Gasteiger partial charge in [-0.2, -0.15) is 12.7 Å². The van der Waals surface area contributed by atoms with Crippen LogP contribution < -0.4 is 20.1 Å². The maximum Gasteiger partial charge on any atom is 0.304 e. The molecule has 2 aliphatic rings. The van der Waals surface area contributed by atoms with Gasteiger partial charge in [0.05, 0.1) is 17.4 Å². The molecule has 1 aromatic carbocycles. The number of nitrogens with two attached hydrogens (primary N) is 1. The zero-order chi connectivity index (χ0) is 26.3. The molecule has 3 heterocycles. The first-order chi connectivity index (χ1) is 16.9. The van der Waals surface area contributed by atoms with Crippen LogP contribution in [0.1, 0.15) is 60.7 Å². The van der Waals surface area contributed by atoms with Crippen molar-refractivity contribution in [2.24, 2.45) is 11.7 Å². The third-order valence-electron chi connectivity index (χ3n) is 6.72. The van der Waals surface area contributed by atoms with Crippen LogP contribution in [0, 0.1) is 5.92 Å². The van der Waals surface area contributed by atoms with E-state index in [0.717, 1.165) is 24.3 Å². The van der Waals surface area contributed by atoms with Crippen LogP contribution in [0.25, 0.3) is 11.3 Å². The third-order valence-corrected chi connectivity index (χ3v) is 8.17. The lowest BCUT2D eigenvalue weighted by Gasteiger charge is -2.34. The van der Waals surface area contributed by atoms with Crippen molar-refractivity contribution in [2.75, 3.05) is 24.5 Å². The molecule has 10 heteroatoms. The van der Waals surface area contributed by atoms with E-state index in [2.05, 4.69) is 30.4 Å². The van der Waals surface area contributed by atoms with E-state index in [-0.39, 0.29) is 32.6 Å². The van der Waals surface area contributed by atoms with E-state index in [9.17, 15) is 13.2 Å². The second-order valence-corrected chi connectivity index (χ2v) is 12.5. The Morgan fingerprint density at radius 2 is 1.89 bits per heavy atom. The first-order valence-electron chi connectivity index (χ1n) is 12.5. The molecule has 200 valence electrons. The summed E-state index contributed by atoms with van der Waals surface area (Å²) in [7, 11) is -4.00. The number of pyridine rings is 1. The zero-order valence-electron chi connectivity index (χ0n) is 21.7. The van der Waals surface area contributed by atoms with E-state index >= 15 is 0 Å². The second-order valence-electron chi connectivity index (χ2n) is 10.8. The molecule has 0 saturated carbocycles. The molecule has 0 aliphatic carbocycles. The minimum atomic E-state index is -4.00. The molecule has 2 fully saturated rings. The number of hydrogen-bond donors (Lipinski definition) is 2. The second kappa shape index (κ2) is 9.99. The van der Waals surface area contributed by atoms with Gasteiger partial charge in [0.25, 0.3) is 5.91 Å². The maximum atomic E-state index is 13.3. The van der Waals surface area contributed by atoms with Crippen molar-refractivity contribution in [1.82, 2.24) is 14.0 Å². The topological polar surface area (TPSA) is 118 Å². The Labute approximate surface area is 217 Å². The first-order valence-corrected chi connectivity index (χ1v) is 13.9. The summed E-state index contributed by atoms with van der Waals surface area (Å²) >= 11 is 0. The predicted octanol–water partition coefficient (Wildman–Crippen LogP) is 3.66. The first kappa shape index (κ1) is 26.4. The van der Waals surface area contributed by atoms with Crippen molar-refractivity contribution in [1.29, 1.82) is 0 Å². The molecule has 0 bridgehead atoms. The van der Waals surface area contributed by atoms with Gasteiger partial charge in [-0.25, -0.2) is 9.71 Å². The van der Waals surface area contributed by atoms with Crippen molar-refractivity contribution in [2.45, 2.75) is 65.1 Å². The van der Waals surface area contributed by atoms with Crippen LogP contribution in [0.4, 0.5) is 5.82 Å². The highest BCUT2D eigenvalue weighted by atomic mass is 32.2. The summed E-state index contributed by atoms with van der Waals surface area (Å²) in [5, 5.41) is 0. The standard InChI is InChI=1S/C26H37N5O4S.2H2/c1-17(2)35-21-8-6-19(7-9-21)23-11-10-22(24(28-23)31-15-18(3)14-26(31,4)5)25(32)29-36(33,34)30-13-12-20(27)16-30;;/h6-11,17-18,20H,12-16,27H2,1-5H3,(H,29,32);2*1H/t18-,20-;;/m0../s1. The number of aromatic nitrogens is 1. The molecule has 0 spiro atoms. The van der Waals surface area contributed by atoms with Gasteiger partial charge in [-0.3, -0.25) is 4.79 Å². The SMILES string of the molecule is CC(C)Oc1ccc(-c2ccc(C(=O)NS(=O)(=O)N3CC[C@H](N)C3)c(N3C[C@@H](C)CC3(C)C)n2)cc1.[HH].[HH]. The average molecular weight is 520 g/mol. The van der Waals surface area contributed by atoms with Crippen molar-refractivity contribution in [3.05, 3.63) is 42.0 Å². The van der Waals surface area contributed by atoms with E-state index in [1.165, 1.54) is 4.31 Å². The molecule has 2 atom stereocenters. The van der Waals surface area contributed by atoms with Gasteiger partial charge >= 0.3 is 10.2 Å². The Morgan fingerprint density at radius 3 is 2.44 bits per heavy atom. The highest BCUT2D eigenvalue weighted by molar-refractivity contribution is 7.87. The molecular formula is C26H41N5O4S. The van der Waals surface area contributed by atoms with E-state index in [1.807, 2.05) is 38.1 Å². The lowest BCUT2D eigenvalue weighted by molar-refractivity contribution is 0.0979. The summed E-state index contributed by atoms with van der Waals surface area (Å²) in [6.07, 6.45) is 1.58. The van der Waals surface area contributed by atoms with Crippen LogP contribution in [0.2, 0.25) is 0 Å². The van der Waals surface area contributed by atoms with Crippen molar-refractivity contribution < 1.29 is 20.8 Å². The zero-order valence-corrected chi connectivity index (χ0v) is 22.5. The van der Waals surface area contributed by atoms with Gasteiger partial charge in [-0.05, 0) is 82.9 Å². The largest absolute Gasteiger partial charge is 0.491 e. The lowest BCUT2D eigenvalue weighted by atomic mass is 9.97. The van der Waals surface area contributed by atoms with Gasteiger partial charge in [-0.1, -0.05) is 6.92 Å². The molecule has 0 radical (unpaired) electrons. The van der Waals surface area contributed by atoms with Gasteiger partial charge in [0.1, 0.15) is 11.6 Å². The number of carbonyl (C=O) groups excluding carboxylic acids is 1. The molecule has 2 aliphatic heterocycles. The van der Waals surface area contributed by atoms with E-state index in [0.29, 0.717) is 30.4 Å². The van der Waals surface area contributed by atoms with Crippen LogP contribution >= 0.6 is 0 Å². The van der Waals surface area contributed by atoms with Gasteiger partial charge in [0, 0.05) is 39.6 Å². The molecule has 1 aromatic heterocycles. The number of nitrogens with zero attached hydrogens (tertiary/aromatic N) is 3. The summed E-state index contributed by atoms with van der Waals surface area (Å²) in [6, 6.07) is 10.8. The number of ether oxygens (including phenoxy) is 1. The number of nitrogens with one attached hydrogen (secondary N) is 1. The molecular weight excluding hydrogens is 478 g/mol. The maximum absolute atomic E-state index is 13.3. The lowest BCUT2D eigenvalue weighted by Crippen LogP contribution is -2.44. The van der Waals surface area contributed by atoms with Gasteiger partial charge in [0.2, 0.25) is 0 Å². The fraction of sp³-hybridized carbons (Fsp3) is 0.538. The predicted molar refractivity (Wildman–Crippen MR) is 145 cm³/mol. The molecule has 2 saturated heterocycles. The van der Waals surface area contributed by atoms with E-state index in [1.54, 1.807) is 12.1 Å². The van der Waals surface area contributed by atoms with Crippen LogP contribution in [0.3, 0.4) is 0 Å². The fourth-order valence-corrected chi connectivity index (χ4v) is 6.34. The normalized spacial score (nSPS) is 22.2. The summed E-state index contributed by atoms with van der Waals surface area (Å²) in [6.45, 7) is 11.6. The number of anilines is 1. The van der Waals surface area contributed by atoms with Gasteiger partial charge < -0.3 is 15.4 Å². The van der Waals surface area contributed by atoms with Crippen LogP contribution in [-0.4, -0.2) is 60.9 Å². The van der Waals surface area contributed by atoms with Crippen molar-refractivity contribution in [3.8, 4) is 17.0 Å². The highest BCUT2D eigenvalue weighted by Crippen LogP contribution is 2.38. The van der Waals surface area contributed by atoms with E-state index in [4.69, 9.17) is 15.5 Å². The Morgan fingerprint density at radius 1 is 1.19 bits per heavy atom. The highest BCUT2D eigenvalue weighted by Gasteiger charge is 2.40. The molecule has 0 unspecified atom stereocenters. The number of benzene rings is 1. The molecule has 36 heavy (non-hydrogen) atoms. The average Bonchev–Trinajstić information content (AvgIpc) is 3.35. The molecule has 9 nitrogen and oxygen atoms in total. The van der Waals surface area contributed by atoms with E-state index < -0.39 is 16.1 Å².